The van der Waals surface area contributed by atoms with Crippen LogP contribution in [0.15, 0.2) is 42.9 Å². The number of rotatable bonds is 1. The number of hydrogen-bond acceptors (Lipinski definition) is 2. The number of nitrogens with zero attached hydrogens (tertiary/aromatic N) is 3. The van der Waals surface area contributed by atoms with Crippen LogP contribution in [0.5, 0.6) is 0 Å². The van der Waals surface area contributed by atoms with E-state index in [0.717, 1.165) is 16.9 Å². The lowest BCUT2D eigenvalue weighted by Gasteiger charge is -1.98. The van der Waals surface area contributed by atoms with Crippen LogP contribution in [0, 0.1) is 0 Å². The van der Waals surface area contributed by atoms with Gasteiger partial charge in [0.05, 0.1) is 17.2 Å². The molecule has 0 fully saturated rings. The molecule has 0 aliphatic carbocycles. The Hall–Kier alpha value is -2.10. The van der Waals surface area contributed by atoms with E-state index in [1.165, 1.54) is 0 Å². The number of fused-ring (bicyclic) bond motifs is 1. The zero-order valence-electron chi connectivity index (χ0n) is 7.38. The van der Waals surface area contributed by atoms with E-state index in [9.17, 15) is 0 Å². The number of pyridine rings is 1. The minimum Gasteiger partial charge on any atom is -0.359 e. The predicted molar refractivity (Wildman–Crippen MR) is 53.2 cm³/mol. The Bertz CT molecular complexity index is 550. The van der Waals surface area contributed by atoms with Crippen LogP contribution in [0.2, 0.25) is 0 Å². The van der Waals surface area contributed by atoms with Gasteiger partial charge in [0.1, 0.15) is 0 Å². The number of H-pyrrole nitrogens is 1. The van der Waals surface area contributed by atoms with Gasteiger partial charge in [-0.15, -0.1) is 0 Å². The zero-order chi connectivity index (χ0) is 9.38. The van der Waals surface area contributed by atoms with Crippen molar-refractivity contribution in [2.24, 2.45) is 0 Å². The molecule has 0 amide bonds. The predicted octanol–water partition coefficient (Wildman–Crippen LogP) is 1.75. The molecule has 0 bridgehead atoms. The van der Waals surface area contributed by atoms with Crippen LogP contribution in [0.1, 0.15) is 0 Å². The molecule has 1 N–H and O–H groups in total. The van der Waals surface area contributed by atoms with E-state index in [0.29, 0.717) is 0 Å². The van der Waals surface area contributed by atoms with E-state index in [4.69, 9.17) is 0 Å². The second-order valence-corrected chi connectivity index (χ2v) is 3.02. The summed E-state index contributed by atoms with van der Waals surface area (Å²) in [5, 5.41) is 4.25. The molecule has 0 saturated heterocycles. The van der Waals surface area contributed by atoms with E-state index in [1.54, 1.807) is 12.4 Å². The van der Waals surface area contributed by atoms with Gasteiger partial charge >= 0.3 is 0 Å². The van der Waals surface area contributed by atoms with Crippen molar-refractivity contribution < 1.29 is 0 Å². The topological polar surface area (TPSA) is 46.5 Å². The van der Waals surface area contributed by atoms with Gasteiger partial charge in [-0.3, -0.25) is 0 Å². The molecule has 3 aromatic rings. The second kappa shape index (κ2) is 2.70. The third kappa shape index (κ3) is 0.939. The summed E-state index contributed by atoms with van der Waals surface area (Å²) in [5.41, 5.74) is 2.07. The standard InChI is InChI=1S/C10H8N4/c1-2-5-12-10(3-1)14-9-4-6-11-8(9)7-13-14/h1-7,11H. The molecular weight excluding hydrogens is 176 g/mol. The lowest BCUT2D eigenvalue weighted by Crippen LogP contribution is -1.97. The maximum absolute atomic E-state index is 4.25. The maximum atomic E-state index is 4.25. The Labute approximate surface area is 80.2 Å². The van der Waals surface area contributed by atoms with Crippen LogP contribution in [-0.4, -0.2) is 19.7 Å². The summed E-state index contributed by atoms with van der Waals surface area (Å²) in [5.74, 6) is 0.835. The monoisotopic (exact) mass is 184 g/mol. The molecule has 3 aromatic heterocycles. The maximum Gasteiger partial charge on any atom is 0.154 e. The first-order chi connectivity index (χ1) is 6.95. The summed E-state index contributed by atoms with van der Waals surface area (Å²) in [6, 6.07) is 7.75. The quantitative estimate of drug-likeness (QED) is 0.626. The summed E-state index contributed by atoms with van der Waals surface area (Å²) in [4.78, 5) is 7.34. The van der Waals surface area contributed by atoms with Crippen molar-refractivity contribution in [3.63, 3.8) is 0 Å². The van der Waals surface area contributed by atoms with E-state index in [-0.39, 0.29) is 0 Å². The largest absolute Gasteiger partial charge is 0.359 e. The Morgan fingerprint density at radius 3 is 3.07 bits per heavy atom. The normalized spacial score (nSPS) is 10.9. The molecular formula is C10H8N4. The smallest absolute Gasteiger partial charge is 0.154 e. The lowest BCUT2D eigenvalue weighted by molar-refractivity contribution is 0.874. The van der Waals surface area contributed by atoms with Crippen LogP contribution >= 0.6 is 0 Å². The molecule has 0 unspecified atom stereocenters. The minimum atomic E-state index is 0.835. The summed E-state index contributed by atoms with van der Waals surface area (Å²) in [6.45, 7) is 0. The van der Waals surface area contributed by atoms with Gasteiger partial charge in [-0.2, -0.15) is 5.10 Å². The van der Waals surface area contributed by atoms with Crippen molar-refractivity contribution in [3.05, 3.63) is 42.9 Å². The van der Waals surface area contributed by atoms with Crippen LogP contribution in [0.3, 0.4) is 0 Å². The SMILES string of the molecule is c1ccc(-n2ncc3[nH]ccc32)nc1. The first-order valence-electron chi connectivity index (χ1n) is 4.38. The van der Waals surface area contributed by atoms with Crippen molar-refractivity contribution in [1.82, 2.24) is 19.7 Å². The molecule has 0 aliphatic heterocycles. The minimum absolute atomic E-state index is 0.835. The number of aromatic amines is 1. The first kappa shape index (κ1) is 7.32. The molecule has 0 spiro atoms. The molecule has 0 aromatic carbocycles. The van der Waals surface area contributed by atoms with Crippen molar-refractivity contribution in [1.29, 1.82) is 0 Å². The molecule has 68 valence electrons. The third-order valence-electron chi connectivity index (χ3n) is 2.15. The zero-order valence-corrected chi connectivity index (χ0v) is 7.38. The summed E-state index contributed by atoms with van der Waals surface area (Å²) in [6.07, 6.45) is 5.45. The number of hydrogen-bond donors (Lipinski definition) is 1. The highest BCUT2D eigenvalue weighted by Gasteiger charge is 2.04. The Balaban J connectivity index is 2.28. The molecule has 4 heteroatoms. The molecule has 4 nitrogen and oxygen atoms in total. The average molecular weight is 184 g/mol. The second-order valence-electron chi connectivity index (χ2n) is 3.02. The van der Waals surface area contributed by atoms with Gasteiger partial charge in [-0.1, -0.05) is 6.07 Å². The Morgan fingerprint density at radius 1 is 1.21 bits per heavy atom. The van der Waals surface area contributed by atoms with Crippen LogP contribution in [0.4, 0.5) is 0 Å². The summed E-state index contributed by atoms with van der Waals surface area (Å²) < 4.78 is 1.81. The van der Waals surface area contributed by atoms with E-state index in [1.807, 2.05) is 35.1 Å². The highest BCUT2D eigenvalue weighted by Crippen LogP contribution is 2.14. The fourth-order valence-corrected chi connectivity index (χ4v) is 1.50. The highest BCUT2D eigenvalue weighted by atomic mass is 15.3. The molecule has 3 rings (SSSR count). The summed E-state index contributed by atoms with van der Waals surface area (Å²) >= 11 is 0. The highest BCUT2D eigenvalue weighted by molar-refractivity contribution is 5.76. The van der Waals surface area contributed by atoms with Gasteiger partial charge in [0.15, 0.2) is 5.82 Å². The lowest BCUT2D eigenvalue weighted by atomic mass is 10.4. The Morgan fingerprint density at radius 2 is 2.21 bits per heavy atom. The molecule has 0 saturated carbocycles. The summed E-state index contributed by atoms with van der Waals surface area (Å²) in [7, 11) is 0. The molecule has 0 aliphatic rings. The van der Waals surface area contributed by atoms with Gasteiger partial charge in [0, 0.05) is 12.4 Å². The average Bonchev–Trinajstić information content (AvgIpc) is 2.79. The van der Waals surface area contributed by atoms with Gasteiger partial charge < -0.3 is 4.98 Å². The van der Waals surface area contributed by atoms with Crippen molar-refractivity contribution in [2.75, 3.05) is 0 Å². The van der Waals surface area contributed by atoms with Crippen molar-refractivity contribution in [2.45, 2.75) is 0 Å². The van der Waals surface area contributed by atoms with E-state index >= 15 is 0 Å². The molecule has 14 heavy (non-hydrogen) atoms. The Kier molecular flexibility index (Phi) is 1.41. The van der Waals surface area contributed by atoms with E-state index < -0.39 is 0 Å². The number of nitrogens with one attached hydrogen (secondary N) is 1. The molecule has 0 atom stereocenters. The van der Waals surface area contributed by atoms with Gasteiger partial charge in [-0.05, 0) is 18.2 Å². The van der Waals surface area contributed by atoms with Crippen molar-refractivity contribution >= 4 is 11.0 Å². The van der Waals surface area contributed by atoms with Crippen molar-refractivity contribution in [3.8, 4) is 5.82 Å². The fraction of sp³-hybridized carbons (Fsp3) is 0. The third-order valence-corrected chi connectivity index (χ3v) is 2.15. The van der Waals surface area contributed by atoms with Crippen LogP contribution in [0.25, 0.3) is 16.9 Å². The number of aromatic nitrogens is 4. The fourth-order valence-electron chi connectivity index (χ4n) is 1.50. The van der Waals surface area contributed by atoms with Gasteiger partial charge in [-0.25, -0.2) is 9.67 Å². The van der Waals surface area contributed by atoms with Gasteiger partial charge in [0.25, 0.3) is 0 Å². The molecule has 3 heterocycles. The molecule has 0 radical (unpaired) electrons. The van der Waals surface area contributed by atoms with Crippen LogP contribution in [-0.2, 0) is 0 Å². The van der Waals surface area contributed by atoms with Gasteiger partial charge in [0.2, 0.25) is 0 Å². The van der Waals surface area contributed by atoms with Crippen LogP contribution < -0.4 is 0 Å². The first-order valence-corrected chi connectivity index (χ1v) is 4.38. The van der Waals surface area contributed by atoms with E-state index in [2.05, 4.69) is 15.1 Å².